The summed E-state index contributed by atoms with van der Waals surface area (Å²) in [6.45, 7) is 0. The Balaban J connectivity index is 4.49. The number of hydrogen-bond acceptors (Lipinski definition) is 4. The molecule has 1 N–H and O–H groups in total. The maximum Gasteiger partial charge on any atom is 0.253 e. The summed E-state index contributed by atoms with van der Waals surface area (Å²) in [5.41, 5.74) is 0. The highest BCUT2D eigenvalue weighted by atomic mass is 32.3. The molecule has 0 saturated carbocycles. The first-order chi connectivity index (χ1) is 4.27. The first-order valence-corrected chi connectivity index (χ1v) is 5.58. The van der Waals surface area contributed by atoms with E-state index in [1.807, 2.05) is 0 Å². The van der Waals surface area contributed by atoms with Crippen molar-refractivity contribution >= 4 is 20.0 Å². The zero-order chi connectivity index (χ0) is 8.41. The van der Waals surface area contributed by atoms with Gasteiger partial charge in [-0.15, -0.1) is 4.13 Å². The van der Waals surface area contributed by atoms with Gasteiger partial charge in [0, 0.05) is 0 Å². The van der Waals surface area contributed by atoms with E-state index in [4.69, 9.17) is 0 Å². The van der Waals surface area contributed by atoms with Gasteiger partial charge in [-0.05, 0) is 0 Å². The Hall–Kier alpha value is -0.210. The minimum atomic E-state index is -4.28. The van der Waals surface area contributed by atoms with Gasteiger partial charge in [-0.3, -0.25) is 0 Å². The summed E-state index contributed by atoms with van der Waals surface area (Å²) in [6, 6.07) is -1.74. The lowest BCUT2D eigenvalue weighted by Crippen LogP contribution is -2.30. The summed E-state index contributed by atoms with van der Waals surface area (Å²) in [5.74, 6) is 0. The topological polar surface area (TPSA) is 80.3 Å². The predicted octanol–water partition coefficient (Wildman–Crippen LogP) is -1.21. The molecule has 0 unspecified atom stereocenters. The molecular formula is C2H6FNO4S2. The molecule has 62 valence electrons. The monoisotopic (exact) mass is 191 g/mol. The van der Waals surface area contributed by atoms with Crippen LogP contribution in [-0.4, -0.2) is 29.1 Å². The van der Waals surface area contributed by atoms with Crippen molar-refractivity contribution in [1.29, 1.82) is 0 Å². The maximum absolute atomic E-state index is 11.4. The Kier molecular flexibility index (Phi) is 2.75. The summed E-state index contributed by atoms with van der Waals surface area (Å²) in [5, 5.41) is 0. The van der Waals surface area contributed by atoms with Gasteiger partial charge in [0.25, 0.3) is 10.0 Å². The van der Waals surface area contributed by atoms with E-state index in [2.05, 4.69) is 0 Å². The van der Waals surface area contributed by atoms with Crippen LogP contribution in [-0.2, 0) is 20.0 Å². The number of alkyl halides is 1. The van der Waals surface area contributed by atoms with Gasteiger partial charge in [-0.25, -0.2) is 21.2 Å². The van der Waals surface area contributed by atoms with Gasteiger partial charge in [0.15, 0.2) is 0 Å². The SMILES string of the molecule is CS(=O)(=O)NS(=O)(=O)CF. The van der Waals surface area contributed by atoms with Crippen molar-refractivity contribution in [3.05, 3.63) is 0 Å². The minimum absolute atomic E-state index is 0.625. The summed E-state index contributed by atoms with van der Waals surface area (Å²) >= 11 is 0. The van der Waals surface area contributed by atoms with Gasteiger partial charge < -0.3 is 0 Å². The molecule has 0 fully saturated rings. The Bertz CT molecular complexity index is 289. The third-order valence-electron chi connectivity index (χ3n) is 0.422. The Morgan fingerprint density at radius 2 is 1.70 bits per heavy atom. The molecule has 0 aromatic rings. The molecule has 0 heterocycles. The van der Waals surface area contributed by atoms with Crippen LogP contribution in [0.25, 0.3) is 0 Å². The van der Waals surface area contributed by atoms with Gasteiger partial charge in [0.2, 0.25) is 16.0 Å². The van der Waals surface area contributed by atoms with Crippen molar-refractivity contribution in [2.75, 3.05) is 12.3 Å². The fourth-order valence-corrected chi connectivity index (χ4v) is 2.28. The molecule has 0 aromatic heterocycles. The van der Waals surface area contributed by atoms with E-state index in [0.717, 1.165) is 4.13 Å². The van der Waals surface area contributed by atoms with Gasteiger partial charge in [-0.2, -0.15) is 0 Å². The lowest BCUT2D eigenvalue weighted by Gasteiger charge is -1.97. The molecular weight excluding hydrogens is 185 g/mol. The van der Waals surface area contributed by atoms with Crippen LogP contribution >= 0.6 is 0 Å². The molecule has 10 heavy (non-hydrogen) atoms. The van der Waals surface area contributed by atoms with Crippen molar-refractivity contribution in [3.8, 4) is 0 Å². The molecule has 0 amide bonds. The second kappa shape index (κ2) is 2.81. The Morgan fingerprint density at radius 1 is 1.30 bits per heavy atom. The van der Waals surface area contributed by atoms with E-state index < -0.39 is 26.1 Å². The van der Waals surface area contributed by atoms with E-state index in [-0.39, 0.29) is 0 Å². The van der Waals surface area contributed by atoms with Crippen LogP contribution < -0.4 is 4.13 Å². The lowest BCUT2D eigenvalue weighted by atomic mass is 11.8. The fraction of sp³-hybridized carbons (Fsp3) is 1.00. The van der Waals surface area contributed by atoms with Crippen molar-refractivity contribution in [2.45, 2.75) is 0 Å². The highest BCUT2D eigenvalue weighted by Gasteiger charge is 2.14. The second-order valence-corrected chi connectivity index (χ2v) is 5.24. The van der Waals surface area contributed by atoms with Crippen molar-refractivity contribution in [1.82, 2.24) is 4.13 Å². The van der Waals surface area contributed by atoms with E-state index in [1.54, 1.807) is 0 Å². The van der Waals surface area contributed by atoms with Gasteiger partial charge in [-0.1, -0.05) is 0 Å². The maximum atomic E-state index is 11.4. The molecule has 0 aliphatic rings. The number of nitrogens with one attached hydrogen (secondary N) is 1. The Labute approximate surface area is 58.3 Å². The van der Waals surface area contributed by atoms with Crippen LogP contribution in [0.5, 0.6) is 0 Å². The number of halogens is 1. The first-order valence-electron chi connectivity index (χ1n) is 2.04. The van der Waals surface area contributed by atoms with E-state index >= 15 is 0 Å². The quantitative estimate of drug-likeness (QED) is 0.607. The smallest absolute Gasteiger partial charge is 0.232 e. The van der Waals surface area contributed by atoms with Crippen LogP contribution in [0.3, 0.4) is 0 Å². The molecule has 8 heteroatoms. The molecule has 5 nitrogen and oxygen atoms in total. The fourth-order valence-electron chi connectivity index (χ4n) is 0.253. The van der Waals surface area contributed by atoms with Crippen molar-refractivity contribution in [2.24, 2.45) is 0 Å². The van der Waals surface area contributed by atoms with Crippen LogP contribution in [0.1, 0.15) is 0 Å². The zero-order valence-electron chi connectivity index (χ0n) is 5.03. The third-order valence-corrected chi connectivity index (χ3v) is 2.94. The predicted molar refractivity (Wildman–Crippen MR) is 32.9 cm³/mol. The largest absolute Gasteiger partial charge is 0.253 e. The van der Waals surface area contributed by atoms with E-state index in [1.165, 1.54) is 0 Å². The summed E-state index contributed by atoms with van der Waals surface area (Å²) in [6.07, 6.45) is 0.625. The van der Waals surface area contributed by atoms with Gasteiger partial charge in [0.1, 0.15) is 0 Å². The number of hydrogen-bond donors (Lipinski definition) is 1. The highest BCUT2D eigenvalue weighted by molar-refractivity contribution is 8.04. The molecule has 0 bridgehead atoms. The van der Waals surface area contributed by atoms with Gasteiger partial charge in [0.05, 0.1) is 6.26 Å². The van der Waals surface area contributed by atoms with Crippen molar-refractivity contribution < 1.29 is 21.2 Å². The van der Waals surface area contributed by atoms with Crippen molar-refractivity contribution in [3.63, 3.8) is 0 Å². The lowest BCUT2D eigenvalue weighted by molar-refractivity contribution is 0.529. The molecule has 0 saturated heterocycles. The third kappa shape index (κ3) is 4.65. The molecule has 0 spiro atoms. The van der Waals surface area contributed by atoms with Crippen LogP contribution in [0.4, 0.5) is 4.39 Å². The standard InChI is InChI=1S/C2H6FNO4S2/c1-9(5,6)4-10(7,8)2-3/h4H,2H2,1H3. The normalized spacial score (nSPS) is 13.4. The molecule has 0 aliphatic carbocycles. The van der Waals surface area contributed by atoms with Crippen LogP contribution in [0.15, 0.2) is 0 Å². The van der Waals surface area contributed by atoms with Crippen LogP contribution in [0.2, 0.25) is 0 Å². The van der Waals surface area contributed by atoms with Crippen LogP contribution in [0, 0.1) is 0 Å². The average Bonchev–Trinajstić information content (AvgIpc) is 1.60. The van der Waals surface area contributed by atoms with E-state index in [0.29, 0.717) is 6.26 Å². The number of rotatable bonds is 3. The summed E-state index contributed by atoms with van der Waals surface area (Å²) in [7, 11) is -8.15. The Morgan fingerprint density at radius 3 is 1.80 bits per heavy atom. The second-order valence-electron chi connectivity index (χ2n) is 1.58. The molecule has 0 radical (unpaired) electrons. The molecule has 0 atom stereocenters. The summed E-state index contributed by atoms with van der Waals surface area (Å²) in [4.78, 5) is 0. The highest BCUT2D eigenvalue weighted by Crippen LogP contribution is 1.86. The average molecular weight is 191 g/mol. The zero-order valence-corrected chi connectivity index (χ0v) is 6.67. The molecule has 0 aromatic carbocycles. The number of sulfonamides is 2. The molecule has 0 rings (SSSR count). The van der Waals surface area contributed by atoms with E-state index in [9.17, 15) is 21.2 Å². The van der Waals surface area contributed by atoms with Gasteiger partial charge >= 0.3 is 0 Å². The molecule has 0 aliphatic heterocycles. The minimum Gasteiger partial charge on any atom is -0.232 e. The summed E-state index contributed by atoms with van der Waals surface area (Å²) < 4.78 is 53.1. The first kappa shape index (κ1) is 9.79.